The summed E-state index contributed by atoms with van der Waals surface area (Å²) in [5.74, 6) is 0.743. The van der Waals surface area contributed by atoms with Crippen LogP contribution in [0.1, 0.15) is 25.5 Å². The van der Waals surface area contributed by atoms with E-state index >= 15 is 0 Å². The van der Waals surface area contributed by atoms with Gasteiger partial charge in [0.15, 0.2) is 0 Å². The highest BCUT2D eigenvalue weighted by Crippen LogP contribution is 2.62. The summed E-state index contributed by atoms with van der Waals surface area (Å²) < 4.78 is 0. The average Bonchev–Trinajstić information content (AvgIpc) is 2.97. The van der Waals surface area contributed by atoms with E-state index in [0.717, 1.165) is 17.3 Å². The van der Waals surface area contributed by atoms with Crippen LogP contribution in [0.15, 0.2) is 30.6 Å². The van der Waals surface area contributed by atoms with Crippen LogP contribution in [0.3, 0.4) is 0 Å². The number of halogens is 1. The number of carbonyl (C=O) groups excluding carboxylic acids is 1. The summed E-state index contributed by atoms with van der Waals surface area (Å²) in [6, 6.07) is 6.67. The van der Waals surface area contributed by atoms with Crippen molar-refractivity contribution in [2.75, 3.05) is 6.54 Å². The molecule has 0 bridgehead atoms. The van der Waals surface area contributed by atoms with Crippen molar-refractivity contribution in [2.45, 2.75) is 25.9 Å². The second-order valence-electron chi connectivity index (χ2n) is 7.48. The highest BCUT2D eigenvalue weighted by Gasteiger charge is 2.65. The maximum absolute atomic E-state index is 12.8. The van der Waals surface area contributed by atoms with Gasteiger partial charge in [-0.3, -0.25) is 9.78 Å². The van der Waals surface area contributed by atoms with E-state index in [4.69, 9.17) is 11.6 Å². The molecule has 4 atom stereocenters. The lowest BCUT2D eigenvalue weighted by molar-refractivity contribution is -0.124. The van der Waals surface area contributed by atoms with Crippen molar-refractivity contribution in [1.82, 2.24) is 15.6 Å². The number of carbonyl (C=O) groups is 1. The molecule has 25 heavy (non-hydrogen) atoms. The fraction of sp³-hybridized carbons (Fsp3) is 0.421. The molecule has 1 aromatic heterocycles. The van der Waals surface area contributed by atoms with Crippen molar-refractivity contribution >= 4 is 28.3 Å². The van der Waals surface area contributed by atoms with Gasteiger partial charge in [-0.15, -0.1) is 0 Å². The summed E-state index contributed by atoms with van der Waals surface area (Å²) in [7, 11) is 0. The predicted octanol–water partition coefficient (Wildman–Crippen LogP) is 2.81. The van der Waals surface area contributed by atoms with E-state index in [2.05, 4.69) is 35.5 Å². The third-order valence-electron chi connectivity index (χ3n) is 5.83. The van der Waals surface area contributed by atoms with Crippen molar-refractivity contribution < 1.29 is 4.79 Å². The van der Waals surface area contributed by atoms with Gasteiger partial charge in [0.2, 0.25) is 5.91 Å². The van der Waals surface area contributed by atoms with Gasteiger partial charge in [0.05, 0.1) is 12.1 Å². The Kier molecular flexibility index (Phi) is 3.71. The molecule has 6 heteroatoms. The summed E-state index contributed by atoms with van der Waals surface area (Å²) >= 11 is 6.33. The van der Waals surface area contributed by atoms with Gasteiger partial charge in [0, 0.05) is 33.8 Å². The molecule has 1 saturated carbocycles. The zero-order chi connectivity index (χ0) is 17.8. The number of rotatable bonds is 3. The second-order valence-corrected chi connectivity index (χ2v) is 7.88. The molecular formula is C19H19ClN4O. The Morgan fingerprint density at radius 2 is 2.28 bits per heavy atom. The first-order valence-corrected chi connectivity index (χ1v) is 8.78. The van der Waals surface area contributed by atoms with Gasteiger partial charge in [-0.2, -0.15) is 5.26 Å². The Balaban J connectivity index is 1.62. The Labute approximate surface area is 151 Å². The van der Waals surface area contributed by atoms with Crippen molar-refractivity contribution in [3.63, 3.8) is 0 Å². The zero-order valence-corrected chi connectivity index (χ0v) is 14.8. The second kappa shape index (κ2) is 5.69. The van der Waals surface area contributed by atoms with Crippen LogP contribution in [0.5, 0.6) is 0 Å². The Bertz CT molecular complexity index is 899. The lowest BCUT2D eigenvalue weighted by atomic mass is 10.00. The number of amides is 1. The van der Waals surface area contributed by atoms with Gasteiger partial charge in [-0.25, -0.2) is 0 Å². The normalized spacial score (nSPS) is 27.4. The van der Waals surface area contributed by atoms with Crippen LogP contribution in [0.25, 0.3) is 10.8 Å². The number of hydrogen-bond acceptors (Lipinski definition) is 4. The minimum atomic E-state index is -0.786. The lowest BCUT2D eigenvalue weighted by Crippen LogP contribution is -2.45. The van der Waals surface area contributed by atoms with Crippen molar-refractivity contribution in [3.8, 4) is 6.07 Å². The molecule has 4 unspecified atom stereocenters. The fourth-order valence-corrected chi connectivity index (χ4v) is 4.61. The van der Waals surface area contributed by atoms with E-state index in [9.17, 15) is 10.1 Å². The molecule has 2 fully saturated rings. The van der Waals surface area contributed by atoms with Gasteiger partial charge in [-0.05, 0) is 29.9 Å². The first kappa shape index (κ1) is 16.3. The molecule has 4 rings (SSSR count). The average molecular weight is 355 g/mol. The Morgan fingerprint density at radius 3 is 2.96 bits per heavy atom. The number of aromatic nitrogens is 1. The monoisotopic (exact) mass is 354 g/mol. The maximum Gasteiger partial charge on any atom is 0.238 e. The van der Waals surface area contributed by atoms with E-state index in [1.54, 1.807) is 18.5 Å². The first-order valence-electron chi connectivity index (χ1n) is 8.40. The van der Waals surface area contributed by atoms with Crippen LogP contribution in [-0.4, -0.2) is 23.5 Å². The zero-order valence-electron chi connectivity index (χ0n) is 14.1. The third kappa shape index (κ3) is 2.48. The molecule has 1 aliphatic carbocycles. The number of nitrogens with zero attached hydrogens (tertiary/aromatic N) is 2. The highest BCUT2D eigenvalue weighted by molar-refractivity contribution is 6.35. The highest BCUT2D eigenvalue weighted by atomic mass is 35.5. The number of nitrogens with one attached hydrogen (secondary N) is 2. The summed E-state index contributed by atoms with van der Waals surface area (Å²) in [6.07, 6.45) is 3.31. The van der Waals surface area contributed by atoms with Gasteiger partial charge < -0.3 is 10.6 Å². The first-order chi connectivity index (χ1) is 11.9. The fourth-order valence-electron chi connectivity index (χ4n) is 4.32. The summed E-state index contributed by atoms with van der Waals surface area (Å²) in [5, 5.41) is 18.0. The molecule has 0 radical (unpaired) electrons. The molecule has 0 spiro atoms. The van der Waals surface area contributed by atoms with Gasteiger partial charge in [-0.1, -0.05) is 37.6 Å². The number of pyridine rings is 1. The van der Waals surface area contributed by atoms with Crippen molar-refractivity contribution in [2.24, 2.45) is 17.3 Å². The third-order valence-corrected chi connectivity index (χ3v) is 6.14. The largest absolute Gasteiger partial charge is 0.335 e. The standard InChI is InChI=1S/C19H19ClN4O/c1-19(2)12-9-23-17(16(12)19)18(25)24-14(6-21)11-8-22-7-10-4-3-5-13(20)15(10)11/h3-5,7-8,12,14,16-17,23H,9H2,1-2H3,(H,24,25). The molecule has 1 saturated heterocycles. The number of hydrogen-bond donors (Lipinski definition) is 2. The van der Waals surface area contributed by atoms with Gasteiger partial charge in [0.25, 0.3) is 0 Å². The van der Waals surface area contributed by atoms with Crippen LogP contribution >= 0.6 is 11.6 Å². The Morgan fingerprint density at radius 1 is 1.48 bits per heavy atom. The maximum atomic E-state index is 12.8. The topological polar surface area (TPSA) is 77.8 Å². The molecule has 2 aliphatic rings. The smallest absolute Gasteiger partial charge is 0.238 e. The van der Waals surface area contributed by atoms with Crippen LogP contribution in [-0.2, 0) is 4.79 Å². The van der Waals surface area contributed by atoms with E-state index in [1.807, 2.05) is 12.1 Å². The molecular weight excluding hydrogens is 336 g/mol. The number of fused-ring (bicyclic) bond motifs is 2. The number of benzene rings is 1. The number of nitriles is 1. The lowest BCUT2D eigenvalue weighted by Gasteiger charge is -2.21. The molecule has 1 aliphatic heterocycles. The van der Waals surface area contributed by atoms with E-state index in [0.29, 0.717) is 22.4 Å². The molecule has 5 nitrogen and oxygen atoms in total. The predicted molar refractivity (Wildman–Crippen MR) is 95.8 cm³/mol. The van der Waals surface area contributed by atoms with Crippen LogP contribution in [0.2, 0.25) is 5.02 Å². The van der Waals surface area contributed by atoms with Crippen LogP contribution in [0.4, 0.5) is 0 Å². The van der Waals surface area contributed by atoms with Crippen molar-refractivity contribution in [1.29, 1.82) is 5.26 Å². The quantitative estimate of drug-likeness (QED) is 0.888. The number of piperidine rings is 1. The minimum Gasteiger partial charge on any atom is -0.335 e. The molecule has 1 amide bonds. The van der Waals surface area contributed by atoms with E-state index in [-0.39, 0.29) is 17.4 Å². The van der Waals surface area contributed by atoms with Gasteiger partial charge in [0.1, 0.15) is 6.04 Å². The van der Waals surface area contributed by atoms with Crippen molar-refractivity contribution in [3.05, 3.63) is 41.2 Å². The van der Waals surface area contributed by atoms with Gasteiger partial charge >= 0.3 is 0 Å². The Hall–Kier alpha value is -2.16. The minimum absolute atomic E-state index is 0.131. The summed E-state index contributed by atoms with van der Waals surface area (Å²) in [6.45, 7) is 5.24. The molecule has 2 aromatic rings. The van der Waals surface area contributed by atoms with Crippen LogP contribution < -0.4 is 10.6 Å². The summed E-state index contributed by atoms with van der Waals surface area (Å²) in [5.41, 5.74) is 0.822. The van der Waals surface area contributed by atoms with Crippen LogP contribution in [0, 0.1) is 28.6 Å². The molecule has 2 N–H and O–H groups in total. The molecule has 128 valence electrons. The van der Waals surface area contributed by atoms with E-state index in [1.165, 1.54) is 0 Å². The van der Waals surface area contributed by atoms with E-state index < -0.39 is 6.04 Å². The SMILES string of the molecule is CC1(C)C2CNC(C(=O)NC(C#N)c3cncc4cccc(Cl)c34)C21. The molecule has 2 heterocycles. The summed E-state index contributed by atoms with van der Waals surface area (Å²) in [4.78, 5) is 17.0. The molecule has 1 aromatic carbocycles.